The van der Waals surface area contributed by atoms with Gasteiger partial charge in [-0.15, -0.1) is 10.2 Å². The van der Waals surface area contributed by atoms with E-state index in [-0.39, 0.29) is 5.92 Å². The second-order valence-corrected chi connectivity index (χ2v) is 5.60. The molecule has 120 valence electrons. The van der Waals surface area contributed by atoms with Gasteiger partial charge in [-0.25, -0.2) is 0 Å². The van der Waals surface area contributed by atoms with Crippen LogP contribution in [-0.4, -0.2) is 41.5 Å². The second kappa shape index (κ2) is 6.64. The summed E-state index contributed by atoms with van der Waals surface area (Å²) in [6, 6.07) is 11.4. The smallest absolute Gasteiger partial charge is 0.308 e. The molecule has 1 aromatic heterocycles. The first-order valence-electron chi connectivity index (χ1n) is 7.64. The third-order valence-electron chi connectivity index (χ3n) is 4.13. The fraction of sp³-hybridized carbons (Fsp3) is 0.353. The van der Waals surface area contributed by atoms with E-state index < -0.39 is 5.97 Å². The molecule has 1 aliphatic rings. The van der Waals surface area contributed by atoms with Crippen LogP contribution in [0.15, 0.2) is 36.4 Å². The summed E-state index contributed by atoms with van der Waals surface area (Å²) in [5.41, 5.74) is 1.62. The number of para-hydroxylation sites is 1. The Morgan fingerprint density at radius 1 is 1.26 bits per heavy atom. The molecule has 2 heterocycles. The first-order valence-corrected chi connectivity index (χ1v) is 7.64. The molecule has 0 amide bonds. The second-order valence-electron chi connectivity index (χ2n) is 5.60. The standard InChI is InChI=1S/C17H19N3O3/c1-23-15-7-3-2-6-13(15)14-8-9-16(19-18-14)20-10-4-5-12(11-20)17(21)22/h2-3,6-9,12H,4-5,10-11H2,1H3,(H,21,22). The van der Waals surface area contributed by atoms with Crippen molar-refractivity contribution in [3.05, 3.63) is 36.4 Å². The Labute approximate surface area is 134 Å². The Kier molecular flexibility index (Phi) is 4.41. The SMILES string of the molecule is COc1ccccc1-c1ccc(N2CCCC(C(=O)O)C2)nn1. The van der Waals surface area contributed by atoms with E-state index in [0.717, 1.165) is 42.2 Å². The molecule has 0 saturated carbocycles. The first-order chi connectivity index (χ1) is 11.2. The summed E-state index contributed by atoms with van der Waals surface area (Å²) in [6.45, 7) is 1.30. The molecule has 1 aromatic carbocycles. The van der Waals surface area contributed by atoms with E-state index in [4.69, 9.17) is 4.74 Å². The van der Waals surface area contributed by atoms with Crippen molar-refractivity contribution in [1.82, 2.24) is 10.2 Å². The molecule has 1 N–H and O–H groups in total. The third-order valence-corrected chi connectivity index (χ3v) is 4.13. The Bertz CT molecular complexity index is 688. The van der Waals surface area contributed by atoms with Gasteiger partial charge in [-0.2, -0.15) is 0 Å². The number of hydrogen-bond donors (Lipinski definition) is 1. The molecule has 0 radical (unpaired) electrons. The molecule has 6 heteroatoms. The average molecular weight is 313 g/mol. The molecule has 1 aliphatic heterocycles. The minimum Gasteiger partial charge on any atom is -0.496 e. The van der Waals surface area contributed by atoms with Gasteiger partial charge in [0, 0.05) is 18.7 Å². The lowest BCUT2D eigenvalue weighted by Gasteiger charge is -2.31. The van der Waals surface area contributed by atoms with Gasteiger partial charge in [-0.3, -0.25) is 4.79 Å². The highest BCUT2D eigenvalue weighted by Gasteiger charge is 2.26. The minimum absolute atomic E-state index is 0.334. The van der Waals surface area contributed by atoms with Crippen LogP contribution in [0.25, 0.3) is 11.3 Å². The summed E-state index contributed by atoms with van der Waals surface area (Å²) >= 11 is 0. The van der Waals surface area contributed by atoms with Crippen molar-refractivity contribution in [2.24, 2.45) is 5.92 Å². The number of aromatic nitrogens is 2. The number of benzene rings is 1. The van der Waals surface area contributed by atoms with Crippen molar-refractivity contribution in [1.29, 1.82) is 0 Å². The number of nitrogens with zero attached hydrogens (tertiary/aromatic N) is 3. The summed E-state index contributed by atoms with van der Waals surface area (Å²) in [6.07, 6.45) is 1.57. The number of carbonyl (C=O) groups is 1. The quantitative estimate of drug-likeness (QED) is 0.934. The van der Waals surface area contributed by atoms with Crippen LogP contribution < -0.4 is 9.64 Å². The van der Waals surface area contributed by atoms with Gasteiger partial charge in [-0.05, 0) is 37.1 Å². The summed E-state index contributed by atoms with van der Waals surface area (Å²) in [7, 11) is 1.63. The van der Waals surface area contributed by atoms with Gasteiger partial charge in [-0.1, -0.05) is 12.1 Å². The van der Waals surface area contributed by atoms with Crippen molar-refractivity contribution >= 4 is 11.8 Å². The highest BCUT2D eigenvalue weighted by Crippen LogP contribution is 2.29. The zero-order valence-corrected chi connectivity index (χ0v) is 13.0. The molecule has 23 heavy (non-hydrogen) atoms. The van der Waals surface area contributed by atoms with Crippen LogP contribution in [-0.2, 0) is 4.79 Å². The number of anilines is 1. The van der Waals surface area contributed by atoms with Crippen LogP contribution >= 0.6 is 0 Å². The number of aliphatic carboxylic acids is 1. The molecule has 0 spiro atoms. The molecule has 0 bridgehead atoms. The van der Waals surface area contributed by atoms with E-state index >= 15 is 0 Å². The number of piperidine rings is 1. The van der Waals surface area contributed by atoms with Crippen LogP contribution in [0.3, 0.4) is 0 Å². The van der Waals surface area contributed by atoms with E-state index in [1.165, 1.54) is 0 Å². The molecule has 1 unspecified atom stereocenters. The van der Waals surface area contributed by atoms with Crippen LogP contribution in [0.1, 0.15) is 12.8 Å². The molecule has 0 aliphatic carbocycles. The maximum Gasteiger partial charge on any atom is 0.308 e. The zero-order chi connectivity index (χ0) is 16.2. The Balaban J connectivity index is 1.81. The first kappa shape index (κ1) is 15.3. The fourth-order valence-corrected chi connectivity index (χ4v) is 2.88. The maximum absolute atomic E-state index is 11.2. The predicted octanol–water partition coefficient (Wildman–Crippen LogP) is 2.45. The van der Waals surface area contributed by atoms with E-state index in [0.29, 0.717) is 6.54 Å². The van der Waals surface area contributed by atoms with E-state index in [1.54, 1.807) is 7.11 Å². The van der Waals surface area contributed by atoms with Gasteiger partial charge < -0.3 is 14.7 Å². The molecular formula is C17H19N3O3. The maximum atomic E-state index is 11.2. The van der Waals surface area contributed by atoms with Crippen LogP contribution in [0.2, 0.25) is 0 Å². The average Bonchev–Trinajstić information content (AvgIpc) is 2.62. The van der Waals surface area contributed by atoms with Crippen LogP contribution in [0.5, 0.6) is 5.75 Å². The normalized spacial score (nSPS) is 17.8. The van der Waals surface area contributed by atoms with Gasteiger partial charge in [0.15, 0.2) is 5.82 Å². The van der Waals surface area contributed by atoms with Gasteiger partial charge in [0.2, 0.25) is 0 Å². The number of ether oxygens (including phenoxy) is 1. The van der Waals surface area contributed by atoms with Crippen molar-refractivity contribution in [2.45, 2.75) is 12.8 Å². The van der Waals surface area contributed by atoms with Gasteiger partial charge >= 0.3 is 5.97 Å². The lowest BCUT2D eigenvalue weighted by molar-refractivity contribution is -0.141. The molecule has 1 atom stereocenters. The van der Waals surface area contributed by atoms with Crippen molar-refractivity contribution in [3.63, 3.8) is 0 Å². The zero-order valence-electron chi connectivity index (χ0n) is 13.0. The van der Waals surface area contributed by atoms with Crippen molar-refractivity contribution in [3.8, 4) is 17.0 Å². The minimum atomic E-state index is -0.742. The summed E-state index contributed by atoms with van der Waals surface area (Å²) in [5.74, 6) is 0.390. The topological polar surface area (TPSA) is 75.5 Å². The summed E-state index contributed by atoms with van der Waals surface area (Å²) in [5, 5.41) is 17.7. The third kappa shape index (κ3) is 3.26. The highest BCUT2D eigenvalue weighted by molar-refractivity contribution is 5.71. The highest BCUT2D eigenvalue weighted by atomic mass is 16.5. The van der Waals surface area contributed by atoms with Crippen molar-refractivity contribution in [2.75, 3.05) is 25.1 Å². The Morgan fingerprint density at radius 3 is 2.78 bits per heavy atom. The van der Waals surface area contributed by atoms with E-state index in [2.05, 4.69) is 10.2 Å². The lowest BCUT2D eigenvalue weighted by atomic mass is 9.98. The number of methoxy groups -OCH3 is 1. The van der Waals surface area contributed by atoms with Crippen molar-refractivity contribution < 1.29 is 14.6 Å². The molecular weight excluding hydrogens is 294 g/mol. The summed E-state index contributed by atoms with van der Waals surface area (Å²) < 4.78 is 5.34. The summed E-state index contributed by atoms with van der Waals surface area (Å²) in [4.78, 5) is 13.2. The van der Waals surface area contributed by atoms with E-state index in [9.17, 15) is 9.90 Å². The van der Waals surface area contributed by atoms with Crippen LogP contribution in [0.4, 0.5) is 5.82 Å². The van der Waals surface area contributed by atoms with Gasteiger partial charge in [0.1, 0.15) is 5.75 Å². The number of carboxylic acid groups (broad SMARTS) is 1. The van der Waals surface area contributed by atoms with Crippen LogP contribution in [0, 0.1) is 5.92 Å². The monoisotopic (exact) mass is 313 g/mol. The Hall–Kier alpha value is -2.63. The predicted molar refractivity (Wildman–Crippen MR) is 86.6 cm³/mol. The number of carboxylic acids is 1. The molecule has 6 nitrogen and oxygen atoms in total. The molecule has 1 fully saturated rings. The Morgan fingerprint density at radius 2 is 2.09 bits per heavy atom. The number of rotatable bonds is 4. The van der Waals surface area contributed by atoms with E-state index in [1.807, 2.05) is 41.3 Å². The molecule has 3 rings (SSSR count). The molecule has 2 aromatic rings. The fourth-order valence-electron chi connectivity index (χ4n) is 2.88. The largest absolute Gasteiger partial charge is 0.496 e. The lowest BCUT2D eigenvalue weighted by Crippen LogP contribution is -2.39. The molecule has 1 saturated heterocycles. The number of hydrogen-bond acceptors (Lipinski definition) is 5. The van der Waals surface area contributed by atoms with Gasteiger partial charge in [0.05, 0.1) is 18.7 Å². The van der Waals surface area contributed by atoms with Gasteiger partial charge in [0.25, 0.3) is 0 Å².